The van der Waals surface area contributed by atoms with E-state index < -0.39 is 0 Å². The van der Waals surface area contributed by atoms with E-state index in [1.54, 1.807) is 0 Å². The van der Waals surface area contributed by atoms with Crippen molar-refractivity contribution in [3.8, 4) is 0 Å². The fourth-order valence-electron chi connectivity index (χ4n) is 3.21. The summed E-state index contributed by atoms with van der Waals surface area (Å²) < 4.78 is 0. The van der Waals surface area contributed by atoms with E-state index >= 15 is 0 Å². The summed E-state index contributed by atoms with van der Waals surface area (Å²) in [5.41, 5.74) is 4.88. The summed E-state index contributed by atoms with van der Waals surface area (Å²) in [4.78, 5) is 12.8. The van der Waals surface area contributed by atoms with Gasteiger partial charge in [0.25, 0.3) is 0 Å². The molecule has 0 radical (unpaired) electrons. The van der Waals surface area contributed by atoms with Gasteiger partial charge >= 0.3 is 0 Å². The molecular weight excluding hydrogens is 244 g/mol. The Kier molecular flexibility index (Phi) is 3.68. The number of carbonyl (C=O) groups is 1. The van der Waals surface area contributed by atoms with Crippen molar-refractivity contribution >= 4 is 5.78 Å². The van der Waals surface area contributed by atoms with Crippen LogP contribution in [-0.4, -0.2) is 5.78 Å². The Morgan fingerprint density at radius 2 is 1.75 bits per heavy atom. The maximum atomic E-state index is 12.8. The van der Waals surface area contributed by atoms with Gasteiger partial charge in [0.2, 0.25) is 0 Å². The van der Waals surface area contributed by atoms with Crippen molar-refractivity contribution in [1.82, 2.24) is 0 Å². The van der Waals surface area contributed by atoms with Crippen molar-refractivity contribution in [2.24, 2.45) is 5.92 Å². The second kappa shape index (κ2) is 5.62. The predicted octanol–water partition coefficient (Wildman–Crippen LogP) is 4.24. The van der Waals surface area contributed by atoms with Crippen LogP contribution in [0.3, 0.4) is 0 Å². The second-order valence-electron chi connectivity index (χ2n) is 5.58. The van der Waals surface area contributed by atoms with E-state index in [2.05, 4.69) is 37.3 Å². The fourth-order valence-corrected chi connectivity index (χ4v) is 3.21. The molecule has 1 atom stereocenters. The van der Waals surface area contributed by atoms with Crippen LogP contribution >= 0.6 is 0 Å². The van der Waals surface area contributed by atoms with E-state index in [1.807, 2.05) is 18.2 Å². The lowest BCUT2D eigenvalue weighted by Crippen LogP contribution is -2.23. The van der Waals surface area contributed by atoms with Gasteiger partial charge < -0.3 is 0 Å². The zero-order chi connectivity index (χ0) is 13.9. The summed E-state index contributed by atoms with van der Waals surface area (Å²) in [6, 6.07) is 16.6. The van der Waals surface area contributed by atoms with Crippen molar-refractivity contribution in [3.05, 3.63) is 70.8 Å². The topological polar surface area (TPSA) is 17.1 Å². The minimum Gasteiger partial charge on any atom is -0.294 e. The third kappa shape index (κ3) is 2.40. The lowest BCUT2D eigenvalue weighted by atomic mass is 9.79. The first-order valence-electron chi connectivity index (χ1n) is 7.48. The Morgan fingerprint density at radius 3 is 2.55 bits per heavy atom. The highest BCUT2D eigenvalue weighted by Gasteiger charge is 2.26. The first kappa shape index (κ1) is 13.1. The largest absolute Gasteiger partial charge is 0.294 e. The SMILES string of the molecule is CCc1ccccc1C(=O)C1CCc2ccccc2C1. The molecule has 2 aromatic rings. The molecule has 0 spiro atoms. The highest BCUT2D eigenvalue weighted by atomic mass is 16.1. The van der Waals surface area contributed by atoms with E-state index in [9.17, 15) is 4.79 Å². The van der Waals surface area contributed by atoms with Gasteiger partial charge in [-0.2, -0.15) is 0 Å². The molecule has 1 heteroatoms. The molecule has 1 nitrogen and oxygen atoms in total. The summed E-state index contributed by atoms with van der Waals surface area (Å²) in [5, 5.41) is 0. The van der Waals surface area contributed by atoms with Crippen LogP contribution in [0.25, 0.3) is 0 Å². The molecule has 102 valence electrons. The molecule has 1 aliphatic rings. The average Bonchev–Trinajstić information content (AvgIpc) is 2.53. The van der Waals surface area contributed by atoms with Crippen LogP contribution in [0.5, 0.6) is 0 Å². The number of rotatable bonds is 3. The standard InChI is InChI=1S/C19H20O/c1-2-14-7-5-6-10-18(14)19(20)17-12-11-15-8-3-4-9-16(15)13-17/h3-10,17H,2,11-13H2,1H3. The lowest BCUT2D eigenvalue weighted by Gasteiger charge is -2.24. The van der Waals surface area contributed by atoms with Gasteiger partial charge in [0.1, 0.15) is 0 Å². The summed E-state index contributed by atoms with van der Waals surface area (Å²) in [5.74, 6) is 0.481. The molecule has 1 aliphatic carbocycles. The highest BCUT2D eigenvalue weighted by Crippen LogP contribution is 2.28. The van der Waals surface area contributed by atoms with Gasteiger partial charge in [-0.25, -0.2) is 0 Å². The van der Waals surface area contributed by atoms with Gasteiger partial charge in [-0.05, 0) is 42.4 Å². The zero-order valence-corrected chi connectivity index (χ0v) is 11.9. The van der Waals surface area contributed by atoms with Crippen LogP contribution in [-0.2, 0) is 19.3 Å². The van der Waals surface area contributed by atoms with E-state index in [1.165, 1.54) is 16.7 Å². The molecule has 0 fully saturated rings. The third-order valence-electron chi connectivity index (χ3n) is 4.38. The van der Waals surface area contributed by atoms with Gasteiger partial charge in [-0.15, -0.1) is 0 Å². The minimum absolute atomic E-state index is 0.151. The number of hydrogen-bond donors (Lipinski definition) is 0. The molecule has 3 rings (SSSR count). The van der Waals surface area contributed by atoms with Gasteiger partial charge in [-0.1, -0.05) is 55.5 Å². The molecule has 0 aromatic heterocycles. The smallest absolute Gasteiger partial charge is 0.166 e. The number of fused-ring (bicyclic) bond motifs is 1. The van der Waals surface area contributed by atoms with Crippen molar-refractivity contribution < 1.29 is 4.79 Å². The number of ketones is 1. The van der Waals surface area contributed by atoms with E-state index in [0.717, 1.165) is 31.2 Å². The number of Topliss-reactive ketones (excluding diaryl/α,β-unsaturated/α-hetero) is 1. The summed E-state index contributed by atoms with van der Waals surface area (Å²) in [7, 11) is 0. The zero-order valence-electron chi connectivity index (χ0n) is 11.9. The van der Waals surface area contributed by atoms with Gasteiger partial charge in [0.05, 0.1) is 0 Å². The minimum atomic E-state index is 0.151. The van der Waals surface area contributed by atoms with Crippen molar-refractivity contribution in [1.29, 1.82) is 0 Å². The van der Waals surface area contributed by atoms with Gasteiger partial charge in [0, 0.05) is 11.5 Å². The van der Waals surface area contributed by atoms with Crippen LogP contribution in [0, 0.1) is 5.92 Å². The highest BCUT2D eigenvalue weighted by molar-refractivity contribution is 5.99. The maximum absolute atomic E-state index is 12.8. The Bertz CT molecular complexity index is 627. The number of aryl methyl sites for hydroxylation is 2. The van der Waals surface area contributed by atoms with E-state index in [4.69, 9.17) is 0 Å². The predicted molar refractivity (Wildman–Crippen MR) is 82.1 cm³/mol. The number of hydrogen-bond acceptors (Lipinski definition) is 1. The molecule has 2 aromatic carbocycles. The summed E-state index contributed by atoms with van der Waals surface area (Å²) >= 11 is 0. The summed E-state index contributed by atoms with van der Waals surface area (Å²) in [6.45, 7) is 2.11. The molecule has 0 N–H and O–H groups in total. The van der Waals surface area contributed by atoms with Crippen LogP contribution < -0.4 is 0 Å². The molecule has 0 heterocycles. The lowest BCUT2D eigenvalue weighted by molar-refractivity contribution is 0.0908. The first-order valence-corrected chi connectivity index (χ1v) is 7.48. The van der Waals surface area contributed by atoms with Crippen molar-refractivity contribution in [2.75, 3.05) is 0 Å². The van der Waals surface area contributed by atoms with Crippen LogP contribution in [0.1, 0.15) is 40.4 Å². The monoisotopic (exact) mass is 264 g/mol. The molecular formula is C19H20O. The Morgan fingerprint density at radius 1 is 1.05 bits per heavy atom. The van der Waals surface area contributed by atoms with Gasteiger partial charge in [-0.3, -0.25) is 4.79 Å². The van der Waals surface area contributed by atoms with E-state index in [0.29, 0.717) is 5.78 Å². The number of carbonyl (C=O) groups excluding carboxylic acids is 1. The average molecular weight is 264 g/mol. The second-order valence-corrected chi connectivity index (χ2v) is 5.58. The Hall–Kier alpha value is -1.89. The fraction of sp³-hybridized carbons (Fsp3) is 0.316. The molecule has 1 unspecified atom stereocenters. The van der Waals surface area contributed by atoms with Crippen LogP contribution in [0.2, 0.25) is 0 Å². The van der Waals surface area contributed by atoms with Crippen LogP contribution in [0.15, 0.2) is 48.5 Å². The molecule has 20 heavy (non-hydrogen) atoms. The van der Waals surface area contributed by atoms with Crippen molar-refractivity contribution in [3.63, 3.8) is 0 Å². The Balaban J connectivity index is 1.86. The van der Waals surface area contributed by atoms with E-state index in [-0.39, 0.29) is 5.92 Å². The van der Waals surface area contributed by atoms with Gasteiger partial charge in [0.15, 0.2) is 5.78 Å². The number of benzene rings is 2. The first-order chi connectivity index (χ1) is 9.79. The Labute approximate surface area is 120 Å². The van der Waals surface area contributed by atoms with Crippen LogP contribution in [0.4, 0.5) is 0 Å². The molecule has 0 saturated carbocycles. The molecule has 0 saturated heterocycles. The maximum Gasteiger partial charge on any atom is 0.166 e. The quantitative estimate of drug-likeness (QED) is 0.758. The summed E-state index contributed by atoms with van der Waals surface area (Å²) in [6.07, 6.45) is 3.83. The molecule has 0 amide bonds. The molecule has 0 aliphatic heterocycles. The normalized spacial score (nSPS) is 17.6. The molecule has 0 bridgehead atoms. The van der Waals surface area contributed by atoms with Crippen molar-refractivity contribution in [2.45, 2.75) is 32.6 Å². The third-order valence-corrected chi connectivity index (χ3v) is 4.38.